The van der Waals surface area contributed by atoms with Crippen molar-refractivity contribution in [3.63, 3.8) is 0 Å². The van der Waals surface area contributed by atoms with Gasteiger partial charge in [0.25, 0.3) is 0 Å². The molecule has 0 aromatic rings. The highest BCUT2D eigenvalue weighted by Crippen LogP contribution is 2.57. The maximum absolute atomic E-state index is 13.1. The molecule has 160 valence electrons. The lowest BCUT2D eigenvalue weighted by Gasteiger charge is -2.29. The second kappa shape index (κ2) is 7.49. The van der Waals surface area contributed by atoms with Crippen LogP contribution >= 0.6 is 11.8 Å². The van der Waals surface area contributed by atoms with Gasteiger partial charge in [-0.3, -0.25) is 19.2 Å². The van der Waals surface area contributed by atoms with Crippen molar-refractivity contribution in [3.8, 4) is 0 Å². The highest BCUT2D eigenvalue weighted by molar-refractivity contribution is 7.99. The molecule has 8 nitrogen and oxygen atoms in total. The third kappa shape index (κ3) is 3.31. The second-order valence-electron chi connectivity index (χ2n) is 8.84. The van der Waals surface area contributed by atoms with Gasteiger partial charge >= 0.3 is 0 Å². The smallest absolute Gasteiger partial charge is 0.246 e. The van der Waals surface area contributed by atoms with E-state index in [1.807, 2.05) is 18.7 Å². The third-order valence-corrected chi connectivity index (χ3v) is 8.33. The van der Waals surface area contributed by atoms with Crippen LogP contribution in [-0.2, 0) is 19.2 Å². The number of thioether (sulfide) groups is 1. The molecule has 4 atom stereocenters. The minimum Gasteiger partial charge on any atom is -0.355 e. The number of carbonyl (C=O) groups excluding carboxylic acids is 4. The van der Waals surface area contributed by atoms with Gasteiger partial charge in [-0.15, -0.1) is 11.8 Å². The molecule has 3 aliphatic heterocycles. The Labute approximate surface area is 175 Å². The number of amides is 4. The van der Waals surface area contributed by atoms with Crippen molar-refractivity contribution in [2.24, 2.45) is 16.7 Å². The van der Waals surface area contributed by atoms with Gasteiger partial charge in [-0.2, -0.15) is 0 Å². The Balaban J connectivity index is 1.35. The first-order chi connectivity index (χ1) is 13.9. The van der Waals surface area contributed by atoms with Crippen LogP contribution in [0.1, 0.15) is 39.5 Å². The quantitative estimate of drug-likeness (QED) is 0.595. The normalized spacial score (nSPS) is 35.4. The first-order valence-electron chi connectivity index (χ1n) is 10.6. The van der Waals surface area contributed by atoms with E-state index in [-0.39, 0.29) is 35.1 Å². The summed E-state index contributed by atoms with van der Waals surface area (Å²) in [5.41, 5.74) is -1.02. The van der Waals surface area contributed by atoms with E-state index in [1.54, 1.807) is 16.7 Å². The Hall–Kier alpha value is -1.77. The molecule has 4 fully saturated rings. The van der Waals surface area contributed by atoms with Crippen LogP contribution in [0, 0.1) is 16.7 Å². The third-order valence-electron chi connectivity index (χ3n) is 7.32. The molecule has 0 bridgehead atoms. The van der Waals surface area contributed by atoms with Crippen LogP contribution in [0.2, 0.25) is 0 Å². The molecule has 0 aromatic heterocycles. The van der Waals surface area contributed by atoms with Gasteiger partial charge < -0.3 is 20.4 Å². The molecule has 0 spiro atoms. The minimum absolute atomic E-state index is 0.0272. The van der Waals surface area contributed by atoms with E-state index in [0.29, 0.717) is 63.0 Å². The highest BCUT2D eigenvalue weighted by atomic mass is 32.2. The fraction of sp³-hybridized carbons (Fsp3) is 0.800. The maximum atomic E-state index is 13.1. The number of fused-ring (bicyclic) bond motifs is 1. The van der Waals surface area contributed by atoms with E-state index in [0.717, 1.165) is 6.42 Å². The first kappa shape index (κ1) is 20.5. The van der Waals surface area contributed by atoms with Gasteiger partial charge in [0, 0.05) is 43.8 Å². The van der Waals surface area contributed by atoms with Crippen molar-refractivity contribution in [3.05, 3.63) is 0 Å². The maximum Gasteiger partial charge on any atom is 0.246 e. The van der Waals surface area contributed by atoms with Crippen molar-refractivity contribution >= 4 is 35.4 Å². The van der Waals surface area contributed by atoms with Crippen molar-refractivity contribution in [2.45, 2.75) is 45.6 Å². The van der Waals surface area contributed by atoms with E-state index in [1.165, 1.54) is 0 Å². The second-order valence-corrected chi connectivity index (χ2v) is 9.84. The summed E-state index contributed by atoms with van der Waals surface area (Å²) in [6, 6.07) is -0.359. The van der Waals surface area contributed by atoms with Crippen LogP contribution in [-0.4, -0.2) is 77.3 Å². The monoisotopic (exact) mass is 422 g/mol. The average molecular weight is 423 g/mol. The highest BCUT2D eigenvalue weighted by Gasteiger charge is 2.61. The topological polar surface area (TPSA) is 98.8 Å². The summed E-state index contributed by atoms with van der Waals surface area (Å²) in [6.45, 7) is 6.07. The number of nitrogens with zero attached hydrogens (tertiary/aromatic N) is 2. The zero-order chi connectivity index (χ0) is 20.8. The Bertz CT molecular complexity index is 746. The summed E-state index contributed by atoms with van der Waals surface area (Å²) in [6.07, 6.45) is 2.44. The molecule has 4 aliphatic rings. The SMILES string of the molecule is CCC(=O)N1CSC[C@H]1C(=O)N1CC2CC2(CNC(=O)C2(CC)CCNC2=O)C1. The predicted octanol–water partition coefficient (Wildman–Crippen LogP) is 0.179. The van der Waals surface area contributed by atoms with Gasteiger partial charge in [-0.05, 0) is 25.2 Å². The fourth-order valence-corrected chi connectivity index (χ4v) is 6.33. The molecule has 0 aromatic carbocycles. The molecular weight excluding hydrogens is 392 g/mol. The van der Waals surface area contributed by atoms with Gasteiger partial charge in [0.15, 0.2) is 0 Å². The van der Waals surface area contributed by atoms with Crippen LogP contribution in [0.5, 0.6) is 0 Å². The lowest BCUT2D eigenvalue weighted by molar-refractivity contribution is -0.143. The summed E-state index contributed by atoms with van der Waals surface area (Å²) >= 11 is 1.63. The predicted molar refractivity (Wildman–Crippen MR) is 109 cm³/mol. The molecule has 3 heterocycles. The van der Waals surface area contributed by atoms with Gasteiger partial charge in [-0.25, -0.2) is 0 Å². The van der Waals surface area contributed by atoms with E-state index in [4.69, 9.17) is 0 Å². The number of rotatable bonds is 6. The van der Waals surface area contributed by atoms with E-state index in [2.05, 4.69) is 10.6 Å². The Morgan fingerprint density at radius 3 is 2.76 bits per heavy atom. The van der Waals surface area contributed by atoms with Gasteiger partial charge in [0.05, 0.1) is 5.88 Å². The number of likely N-dealkylation sites (tertiary alicyclic amines) is 1. The Morgan fingerprint density at radius 2 is 2.10 bits per heavy atom. The standard InChI is InChI=1S/C20H30N4O4S/c1-3-15(25)24-12-29-9-14(24)16(26)23-8-13-7-19(13,11-23)10-22-18(28)20(4-2)5-6-21-17(20)27/h13-14H,3-12H2,1-2H3,(H,21,27)(H,22,28)/t13?,14-,19?,20?/m0/s1. The number of hydrogen-bond donors (Lipinski definition) is 2. The van der Waals surface area contributed by atoms with E-state index >= 15 is 0 Å². The van der Waals surface area contributed by atoms with Crippen molar-refractivity contribution in [1.82, 2.24) is 20.4 Å². The molecule has 1 aliphatic carbocycles. The van der Waals surface area contributed by atoms with Crippen molar-refractivity contribution in [1.29, 1.82) is 0 Å². The summed E-state index contributed by atoms with van der Waals surface area (Å²) in [4.78, 5) is 53.8. The molecule has 3 saturated heterocycles. The number of nitrogens with one attached hydrogen (secondary N) is 2. The summed E-state index contributed by atoms with van der Waals surface area (Å²) in [7, 11) is 0. The first-order valence-corrected chi connectivity index (χ1v) is 11.7. The van der Waals surface area contributed by atoms with Crippen LogP contribution in [0.25, 0.3) is 0 Å². The molecule has 9 heteroatoms. The Morgan fingerprint density at radius 1 is 1.31 bits per heavy atom. The lowest BCUT2D eigenvalue weighted by atomic mass is 9.82. The van der Waals surface area contributed by atoms with Crippen LogP contribution in [0.4, 0.5) is 0 Å². The molecule has 0 radical (unpaired) electrons. The van der Waals surface area contributed by atoms with Crippen LogP contribution in [0.3, 0.4) is 0 Å². The van der Waals surface area contributed by atoms with Gasteiger partial charge in [0.2, 0.25) is 23.6 Å². The number of hydrogen-bond acceptors (Lipinski definition) is 5. The number of carbonyl (C=O) groups is 4. The molecule has 3 unspecified atom stereocenters. The minimum atomic E-state index is -0.947. The molecular formula is C20H30N4O4S. The van der Waals surface area contributed by atoms with E-state index in [9.17, 15) is 19.2 Å². The van der Waals surface area contributed by atoms with Crippen molar-refractivity contribution in [2.75, 3.05) is 37.8 Å². The largest absolute Gasteiger partial charge is 0.355 e. The van der Waals surface area contributed by atoms with Gasteiger partial charge in [0.1, 0.15) is 11.5 Å². The molecule has 1 saturated carbocycles. The van der Waals surface area contributed by atoms with Crippen molar-refractivity contribution < 1.29 is 19.2 Å². The summed E-state index contributed by atoms with van der Waals surface area (Å²) in [5.74, 6) is 1.34. The summed E-state index contributed by atoms with van der Waals surface area (Å²) < 4.78 is 0. The molecule has 4 rings (SSSR count). The van der Waals surface area contributed by atoms with Crippen LogP contribution < -0.4 is 10.6 Å². The van der Waals surface area contributed by atoms with E-state index < -0.39 is 5.41 Å². The molecule has 4 amide bonds. The number of piperidine rings is 1. The van der Waals surface area contributed by atoms with Crippen LogP contribution in [0.15, 0.2) is 0 Å². The summed E-state index contributed by atoms with van der Waals surface area (Å²) in [5, 5.41) is 5.80. The Kier molecular flexibility index (Phi) is 5.29. The van der Waals surface area contributed by atoms with Gasteiger partial charge in [-0.1, -0.05) is 13.8 Å². The lowest BCUT2D eigenvalue weighted by Crippen LogP contribution is -2.50. The molecule has 29 heavy (non-hydrogen) atoms. The fourth-order valence-electron chi connectivity index (χ4n) is 5.15. The average Bonchev–Trinajstić information content (AvgIpc) is 3.13. The zero-order valence-electron chi connectivity index (χ0n) is 17.2. The molecule has 2 N–H and O–H groups in total. The zero-order valence-corrected chi connectivity index (χ0v) is 18.0.